The molecule has 1 aliphatic rings. The second-order valence-electron chi connectivity index (χ2n) is 4.69. The normalized spacial score (nSPS) is 18.2. The van der Waals surface area contributed by atoms with E-state index >= 15 is 0 Å². The van der Waals surface area contributed by atoms with Crippen LogP contribution in [0.3, 0.4) is 0 Å². The molecular formula is C14H11BrCl2N2. The van der Waals surface area contributed by atoms with Crippen molar-refractivity contribution >= 4 is 39.1 Å². The van der Waals surface area contributed by atoms with Gasteiger partial charge in [0.1, 0.15) is 16.1 Å². The van der Waals surface area contributed by atoms with Crippen LogP contribution < -0.4 is 0 Å². The van der Waals surface area contributed by atoms with E-state index in [4.69, 9.17) is 23.2 Å². The Morgan fingerprint density at radius 1 is 1.05 bits per heavy atom. The Bertz CT molecular complexity index is 608. The van der Waals surface area contributed by atoms with Crippen LogP contribution in [-0.4, -0.2) is 9.97 Å². The lowest BCUT2D eigenvalue weighted by molar-refractivity contribution is 0.554. The zero-order valence-corrected chi connectivity index (χ0v) is 13.1. The Balaban J connectivity index is 1.93. The van der Waals surface area contributed by atoms with Crippen LogP contribution in [-0.2, 0) is 12.8 Å². The van der Waals surface area contributed by atoms with Crippen LogP contribution in [0.15, 0.2) is 28.7 Å². The molecule has 0 bridgehead atoms. The maximum absolute atomic E-state index is 6.06. The second kappa shape index (κ2) is 5.39. The first-order chi connectivity index (χ1) is 9.15. The molecule has 3 rings (SSSR count). The van der Waals surface area contributed by atoms with E-state index in [2.05, 4.69) is 50.2 Å². The van der Waals surface area contributed by atoms with Crippen molar-refractivity contribution in [2.75, 3.05) is 0 Å². The van der Waals surface area contributed by atoms with Crippen LogP contribution in [0.2, 0.25) is 10.3 Å². The topological polar surface area (TPSA) is 25.8 Å². The smallest absolute Gasteiger partial charge is 0.148 e. The van der Waals surface area contributed by atoms with Gasteiger partial charge in [0.25, 0.3) is 0 Å². The van der Waals surface area contributed by atoms with Gasteiger partial charge < -0.3 is 0 Å². The van der Waals surface area contributed by atoms with Crippen molar-refractivity contribution < 1.29 is 0 Å². The minimum absolute atomic E-state index is 0.290. The quantitative estimate of drug-likeness (QED) is 0.684. The minimum Gasteiger partial charge on any atom is -0.220 e. The molecule has 19 heavy (non-hydrogen) atoms. The summed E-state index contributed by atoms with van der Waals surface area (Å²) < 4.78 is 0.566. The fraction of sp³-hybridized carbons (Fsp3) is 0.286. The van der Waals surface area contributed by atoms with Crippen LogP contribution in [0.4, 0.5) is 0 Å². The molecule has 0 amide bonds. The highest BCUT2D eigenvalue weighted by Crippen LogP contribution is 2.34. The van der Waals surface area contributed by atoms with Gasteiger partial charge in [-0.05, 0) is 46.3 Å². The first-order valence-electron chi connectivity index (χ1n) is 6.10. The van der Waals surface area contributed by atoms with Gasteiger partial charge >= 0.3 is 0 Å². The average Bonchev–Trinajstić information content (AvgIpc) is 2.43. The van der Waals surface area contributed by atoms with E-state index in [1.165, 1.54) is 11.1 Å². The number of aryl methyl sites for hydroxylation is 1. The van der Waals surface area contributed by atoms with Gasteiger partial charge in [-0.15, -0.1) is 0 Å². The van der Waals surface area contributed by atoms with Gasteiger partial charge in [-0.2, -0.15) is 0 Å². The monoisotopic (exact) mass is 356 g/mol. The summed E-state index contributed by atoms with van der Waals surface area (Å²) in [6.45, 7) is 0. The molecule has 0 spiro atoms. The molecule has 1 aromatic heterocycles. The molecule has 0 saturated heterocycles. The molecule has 0 saturated carbocycles. The van der Waals surface area contributed by atoms with Crippen LogP contribution >= 0.6 is 39.1 Å². The number of benzene rings is 1. The van der Waals surface area contributed by atoms with Gasteiger partial charge in [-0.25, -0.2) is 9.97 Å². The predicted octanol–water partition coefficient (Wildman–Crippen LogP) is 4.82. The Morgan fingerprint density at radius 3 is 2.37 bits per heavy atom. The molecule has 1 atom stereocenters. The zero-order valence-electron chi connectivity index (χ0n) is 10.0. The van der Waals surface area contributed by atoms with Crippen molar-refractivity contribution in [3.8, 4) is 0 Å². The van der Waals surface area contributed by atoms with Gasteiger partial charge in [0.05, 0.1) is 4.47 Å². The van der Waals surface area contributed by atoms with E-state index in [9.17, 15) is 0 Å². The maximum Gasteiger partial charge on any atom is 0.148 e. The van der Waals surface area contributed by atoms with E-state index in [0.29, 0.717) is 14.8 Å². The molecule has 1 unspecified atom stereocenters. The molecule has 1 aromatic carbocycles. The van der Waals surface area contributed by atoms with E-state index in [-0.39, 0.29) is 5.92 Å². The van der Waals surface area contributed by atoms with Crippen molar-refractivity contribution in [3.63, 3.8) is 0 Å². The van der Waals surface area contributed by atoms with Crippen molar-refractivity contribution in [1.82, 2.24) is 9.97 Å². The summed E-state index contributed by atoms with van der Waals surface area (Å²) in [5.74, 6) is 1.03. The first kappa shape index (κ1) is 13.3. The second-order valence-corrected chi connectivity index (χ2v) is 6.19. The molecule has 98 valence electrons. The number of rotatable bonds is 1. The lowest BCUT2D eigenvalue weighted by Crippen LogP contribution is -2.15. The van der Waals surface area contributed by atoms with Crippen LogP contribution in [0, 0.1) is 0 Å². The third-order valence-electron chi connectivity index (χ3n) is 3.50. The summed E-state index contributed by atoms with van der Waals surface area (Å²) in [7, 11) is 0. The molecule has 1 aliphatic carbocycles. The molecule has 0 fully saturated rings. The molecular weight excluding hydrogens is 347 g/mol. The number of hydrogen-bond acceptors (Lipinski definition) is 2. The summed E-state index contributed by atoms with van der Waals surface area (Å²) >= 11 is 15.4. The molecule has 5 heteroatoms. The van der Waals surface area contributed by atoms with Gasteiger partial charge in [0, 0.05) is 5.92 Å². The first-order valence-corrected chi connectivity index (χ1v) is 7.65. The van der Waals surface area contributed by atoms with Gasteiger partial charge in [-0.1, -0.05) is 47.5 Å². The predicted molar refractivity (Wildman–Crippen MR) is 81.0 cm³/mol. The lowest BCUT2D eigenvalue weighted by Gasteiger charge is -2.23. The third kappa shape index (κ3) is 2.64. The molecule has 0 aliphatic heterocycles. The van der Waals surface area contributed by atoms with Gasteiger partial charge in [-0.3, -0.25) is 0 Å². The minimum atomic E-state index is 0.290. The standard InChI is InChI=1S/C14H11BrCl2N2/c15-11-12(16)18-14(19-13(11)17)10-6-5-8-3-1-2-4-9(8)7-10/h1-4,10H,5-7H2. The highest BCUT2D eigenvalue weighted by atomic mass is 79.9. The SMILES string of the molecule is Clc1nc(C2CCc3ccccc3C2)nc(Cl)c1Br. The van der Waals surface area contributed by atoms with Crippen LogP contribution in [0.5, 0.6) is 0 Å². The Kier molecular flexibility index (Phi) is 3.79. The highest BCUT2D eigenvalue weighted by molar-refractivity contribution is 9.10. The fourth-order valence-corrected chi connectivity index (χ4v) is 3.09. The van der Waals surface area contributed by atoms with Crippen LogP contribution in [0.1, 0.15) is 29.3 Å². The average molecular weight is 358 g/mol. The highest BCUT2D eigenvalue weighted by Gasteiger charge is 2.23. The summed E-state index contributed by atoms with van der Waals surface area (Å²) in [5.41, 5.74) is 2.80. The van der Waals surface area contributed by atoms with Crippen LogP contribution in [0.25, 0.3) is 0 Å². The molecule has 2 aromatic rings. The molecule has 0 radical (unpaired) electrons. The zero-order chi connectivity index (χ0) is 13.4. The number of hydrogen-bond donors (Lipinski definition) is 0. The van der Waals surface area contributed by atoms with Crippen molar-refractivity contribution in [2.45, 2.75) is 25.2 Å². The summed E-state index contributed by atoms with van der Waals surface area (Å²) in [4.78, 5) is 8.71. The number of nitrogens with zero attached hydrogens (tertiary/aromatic N) is 2. The fourth-order valence-electron chi connectivity index (χ4n) is 2.51. The van der Waals surface area contributed by atoms with Crippen molar-refractivity contribution in [3.05, 3.63) is 56.0 Å². The maximum atomic E-state index is 6.06. The Morgan fingerprint density at radius 2 is 1.68 bits per heavy atom. The Labute approximate surface area is 130 Å². The third-order valence-corrected chi connectivity index (χ3v) is 5.25. The Hall–Kier alpha value is -0.640. The van der Waals surface area contributed by atoms with E-state index in [1.54, 1.807) is 0 Å². The number of aromatic nitrogens is 2. The largest absolute Gasteiger partial charge is 0.220 e. The number of fused-ring (bicyclic) bond motifs is 1. The summed E-state index contributed by atoms with van der Waals surface area (Å²) in [6, 6.07) is 8.52. The van der Waals surface area contributed by atoms with Gasteiger partial charge in [0.15, 0.2) is 0 Å². The molecule has 2 nitrogen and oxygen atoms in total. The number of halogens is 3. The molecule has 0 N–H and O–H groups in total. The summed E-state index contributed by atoms with van der Waals surface area (Å²) in [5, 5.41) is 0.766. The van der Waals surface area contributed by atoms with E-state index in [0.717, 1.165) is 25.1 Å². The molecule has 1 heterocycles. The van der Waals surface area contributed by atoms with E-state index < -0.39 is 0 Å². The lowest BCUT2D eigenvalue weighted by atomic mass is 9.83. The van der Waals surface area contributed by atoms with E-state index in [1.807, 2.05) is 0 Å². The summed E-state index contributed by atoms with van der Waals surface area (Å²) in [6.07, 6.45) is 3.03. The van der Waals surface area contributed by atoms with Crippen molar-refractivity contribution in [2.24, 2.45) is 0 Å². The van der Waals surface area contributed by atoms with Crippen molar-refractivity contribution in [1.29, 1.82) is 0 Å². The van der Waals surface area contributed by atoms with Gasteiger partial charge in [0.2, 0.25) is 0 Å².